The lowest BCUT2D eigenvalue weighted by molar-refractivity contribution is -0.128. The van der Waals surface area contributed by atoms with E-state index in [-0.39, 0.29) is 17.7 Å². The third-order valence-corrected chi connectivity index (χ3v) is 5.81. The second-order valence-corrected chi connectivity index (χ2v) is 7.97. The van der Waals surface area contributed by atoms with E-state index < -0.39 is 0 Å². The molecule has 30 heavy (non-hydrogen) atoms. The summed E-state index contributed by atoms with van der Waals surface area (Å²) in [6, 6.07) is 14.5. The molecule has 4 rings (SSSR count). The molecule has 6 nitrogen and oxygen atoms in total. The summed E-state index contributed by atoms with van der Waals surface area (Å²) in [6.45, 7) is 2.90. The highest BCUT2D eigenvalue weighted by Crippen LogP contribution is 2.21. The molecular weight excluding hydrogens is 378 g/mol. The molecule has 2 heterocycles. The van der Waals surface area contributed by atoms with Crippen molar-refractivity contribution >= 4 is 23.4 Å². The number of benzene rings is 2. The van der Waals surface area contributed by atoms with Crippen LogP contribution in [-0.2, 0) is 11.3 Å². The van der Waals surface area contributed by atoms with Gasteiger partial charge in [-0.3, -0.25) is 14.4 Å². The van der Waals surface area contributed by atoms with Gasteiger partial charge < -0.3 is 15.1 Å². The van der Waals surface area contributed by atoms with Crippen molar-refractivity contribution in [2.24, 2.45) is 0 Å². The van der Waals surface area contributed by atoms with E-state index in [4.69, 9.17) is 0 Å². The second kappa shape index (κ2) is 9.11. The third-order valence-electron chi connectivity index (χ3n) is 5.81. The maximum absolute atomic E-state index is 12.9. The first kappa shape index (κ1) is 20.1. The summed E-state index contributed by atoms with van der Waals surface area (Å²) in [5.41, 5.74) is 2.58. The maximum atomic E-state index is 12.9. The number of anilines is 1. The van der Waals surface area contributed by atoms with Gasteiger partial charge in [0.05, 0.1) is 11.3 Å². The van der Waals surface area contributed by atoms with E-state index >= 15 is 0 Å². The average Bonchev–Trinajstić information content (AvgIpc) is 3.19. The lowest BCUT2D eigenvalue weighted by Gasteiger charge is -2.27. The molecule has 2 aliphatic heterocycles. The second-order valence-electron chi connectivity index (χ2n) is 7.97. The van der Waals surface area contributed by atoms with Crippen LogP contribution >= 0.6 is 0 Å². The molecule has 1 N–H and O–H groups in total. The Bertz CT molecular complexity index is 933. The quantitative estimate of drug-likeness (QED) is 0.825. The van der Waals surface area contributed by atoms with Gasteiger partial charge in [0.2, 0.25) is 5.91 Å². The first-order valence-electron chi connectivity index (χ1n) is 10.7. The number of amides is 3. The molecule has 0 saturated carbocycles. The number of nitrogens with zero attached hydrogens (tertiary/aromatic N) is 2. The fraction of sp³-hybridized carbons (Fsp3) is 0.375. The molecule has 3 amide bonds. The van der Waals surface area contributed by atoms with Crippen LogP contribution in [0.2, 0.25) is 0 Å². The first-order valence-corrected chi connectivity index (χ1v) is 10.7. The fourth-order valence-corrected chi connectivity index (χ4v) is 4.09. The molecule has 0 aromatic heterocycles. The molecule has 6 heteroatoms. The van der Waals surface area contributed by atoms with Crippen molar-refractivity contribution in [1.82, 2.24) is 9.80 Å². The number of carbonyl (C=O) groups excluding carboxylic acids is 3. The summed E-state index contributed by atoms with van der Waals surface area (Å²) in [6.07, 6.45) is 4.74. The summed E-state index contributed by atoms with van der Waals surface area (Å²) < 4.78 is 0. The fourth-order valence-electron chi connectivity index (χ4n) is 4.09. The van der Waals surface area contributed by atoms with Crippen LogP contribution in [0.4, 0.5) is 5.69 Å². The zero-order chi connectivity index (χ0) is 20.9. The standard InChI is InChI=1S/C24H27N3O3/c28-22-9-6-16-27(22)17-18-10-12-19(13-11-18)23(29)25-21-8-3-2-7-20(21)24(30)26-14-4-1-5-15-26/h2-3,7-8,10-13H,1,4-6,9,14-17H2,(H,25,29). The molecule has 2 aliphatic rings. The first-order chi connectivity index (χ1) is 14.6. The van der Waals surface area contributed by atoms with Gasteiger partial charge in [-0.05, 0) is 55.5 Å². The Morgan fingerprint density at radius 1 is 0.867 bits per heavy atom. The van der Waals surface area contributed by atoms with Crippen LogP contribution in [-0.4, -0.2) is 47.2 Å². The topological polar surface area (TPSA) is 69.7 Å². The van der Waals surface area contributed by atoms with Crippen molar-refractivity contribution in [1.29, 1.82) is 0 Å². The summed E-state index contributed by atoms with van der Waals surface area (Å²) in [5, 5.41) is 2.90. The normalized spacial score (nSPS) is 16.6. The molecule has 156 valence electrons. The molecule has 0 spiro atoms. The van der Waals surface area contributed by atoms with E-state index in [1.807, 2.05) is 34.1 Å². The van der Waals surface area contributed by atoms with E-state index in [9.17, 15) is 14.4 Å². The molecule has 0 aliphatic carbocycles. The van der Waals surface area contributed by atoms with Crippen LogP contribution in [0.3, 0.4) is 0 Å². The number of hydrogen-bond donors (Lipinski definition) is 1. The maximum Gasteiger partial charge on any atom is 0.255 e. The lowest BCUT2D eigenvalue weighted by Crippen LogP contribution is -2.36. The minimum Gasteiger partial charge on any atom is -0.339 e. The van der Waals surface area contributed by atoms with E-state index in [2.05, 4.69) is 5.32 Å². The van der Waals surface area contributed by atoms with Crippen molar-refractivity contribution in [3.05, 3.63) is 65.2 Å². The van der Waals surface area contributed by atoms with Gasteiger partial charge in [0.25, 0.3) is 11.8 Å². The zero-order valence-corrected chi connectivity index (χ0v) is 17.1. The van der Waals surface area contributed by atoms with E-state index in [0.29, 0.717) is 29.8 Å². The van der Waals surface area contributed by atoms with Gasteiger partial charge in [-0.1, -0.05) is 24.3 Å². The Morgan fingerprint density at radius 3 is 2.30 bits per heavy atom. The van der Waals surface area contributed by atoms with Crippen LogP contribution in [0.5, 0.6) is 0 Å². The number of likely N-dealkylation sites (tertiary alicyclic amines) is 2. The Kier molecular flexibility index (Phi) is 6.12. The van der Waals surface area contributed by atoms with E-state index in [0.717, 1.165) is 50.9 Å². The number of nitrogens with one attached hydrogen (secondary N) is 1. The molecule has 2 saturated heterocycles. The number of rotatable bonds is 5. The highest BCUT2D eigenvalue weighted by molar-refractivity contribution is 6.09. The number of piperidine rings is 1. The Balaban J connectivity index is 1.43. The number of carbonyl (C=O) groups is 3. The molecule has 0 unspecified atom stereocenters. The van der Waals surface area contributed by atoms with Crippen LogP contribution in [0, 0.1) is 0 Å². The number of hydrogen-bond acceptors (Lipinski definition) is 3. The third kappa shape index (κ3) is 4.53. The molecule has 0 radical (unpaired) electrons. The largest absolute Gasteiger partial charge is 0.339 e. The Hall–Kier alpha value is -3.15. The summed E-state index contributed by atoms with van der Waals surface area (Å²) in [5.74, 6) is -0.0966. The van der Waals surface area contributed by atoms with E-state index in [1.54, 1.807) is 24.3 Å². The minimum absolute atomic E-state index is 0.0313. The van der Waals surface area contributed by atoms with Gasteiger partial charge in [0.15, 0.2) is 0 Å². The summed E-state index contributed by atoms with van der Waals surface area (Å²) in [4.78, 5) is 41.2. The SMILES string of the molecule is O=C(Nc1ccccc1C(=O)N1CCCCC1)c1ccc(CN2CCCC2=O)cc1. The van der Waals surface area contributed by atoms with Crippen LogP contribution in [0.1, 0.15) is 58.4 Å². The van der Waals surface area contributed by atoms with Crippen molar-refractivity contribution in [2.45, 2.75) is 38.6 Å². The van der Waals surface area contributed by atoms with Gasteiger partial charge in [0, 0.05) is 38.2 Å². The zero-order valence-electron chi connectivity index (χ0n) is 17.1. The molecular formula is C24H27N3O3. The highest BCUT2D eigenvalue weighted by atomic mass is 16.2. The molecule has 2 aromatic carbocycles. The average molecular weight is 405 g/mol. The van der Waals surface area contributed by atoms with Crippen LogP contribution in [0.15, 0.2) is 48.5 Å². The predicted octanol–water partition coefficient (Wildman–Crippen LogP) is 3.69. The van der Waals surface area contributed by atoms with Gasteiger partial charge >= 0.3 is 0 Å². The van der Waals surface area contributed by atoms with Gasteiger partial charge in [-0.2, -0.15) is 0 Å². The monoisotopic (exact) mass is 405 g/mol. The molecule has 0 atom stereocenters. The molecule has 2 fully saturated rings. The van der Waals surface area contributed by atoms with Crippen LogP contribution in [0.25, 0.3) is 0 Å². The van der Waals surface area contributed by atoms with Crippen molar-refractivity contribution in [3.63, 3.8) is 0 Å². The van der Waals surface area contributed by atoms with Crippen molar-refractivity contribution in [2.75, 3.05) is 25.0 Å². The number of para-hydroxylation sites is 1. The van der Waals surface area contributed by atoms with Crippen molar-refractivity contribution < 1.29 is 14.4 Å². The minimum atomic E-state index is -0.252. The predicted molar refractivity (Wildman–Crippen MR) is 115 cm³/mol. The van der Waals surface area contributed by atoms with Crippen molar-refractivity contribution in [3.8, 4) is 0 Å². The Labute approximate surface area is 176 Å². The summed E-state index contributed by atoms with van der Waals surface area (Å²) >= 11 is 0. The highest BCUT2D eigenvalue weighted by Gasteiger charge is 2.22. The smallest absolute Gasteiger partial charge is 0.255 e. The molecule has 0 bridgehead atoms. The van der Waals surface area contributed by atoms with Gasteiger partial charge in [0.1, 0.15) is 0 Å². The van der Waals surface area contributed by atoms with Crippen LogP contribution < -0.4 is 5.32 Å². The summed E-state index contributed by atoms with van der Waals surface area (Å²) in [7, 11) is 0. The molecule has 2 aromatic rings. The Morgan fingerprint density at radius 2 is 1.60 bits per heavy atom. The van der Waals surface area contributed by atoms with Gasteiger partial charge in [-0.25, -0.2) is 0 Å². The van der Waals surface area contributed by atoms with E-state index in [1.165, 1.54) is 0 Å². The lowest BCUT2D eigenvalue weighted by atomic mass is 10.1. The van der Waals surface area contributed by atoms with Gasteiger partial charge in [-0.15, -0.1) is 0 Å².